The van der Waals surface area contributed by atoms with Crippen LogP contribution in [0.1, 0.15) is 57.9 Å². The summed E-state index contributed by atoms with van der Waals surface area (Å²) >= 11 is 0. The molecule has 0 amide bonds. The van der Waals surface area contributed by atoms with E-state index in [9.17, 15) is 0 Å². The van der Waals surface area contributed by atoms with Crippen molar-refractivity contribution >= 4 is 29.9 Å². The van der Waals surface area contributed by atoms with Gasteiger partial charge < -0.3 is 20.5 Å². The van der Waals surface area contributed by atoms with Gasteiger partial charge in [0.2, 0.25) is 0 Å². The summed E-state index contributed by atoms with van der Waals surface area (Å²) in [5.41, 5.74) is 7.39. The first-order chi connectivity index (χ1) is 12.7. The van der Waals surface area contributed by atoms with E-state index in [1.165, 1.54) is 24.8 Å². The summed E-state index contributed by atoms with van der Waals surface area (Å²) in [5.74, 6) is 1.47. The molecule has 0 saturated carbocycles. The number of ether oxygens (including phenoxy) is 2. The number of nitrogens with one attached hydrogen (secondary N) is 1. The van der Waals surface area contributed by atoms with Crippen LogP contribution in [0, 0.1) is 0 Å². The fraction of sp³-hybridized carbons (Fsp3) is 0.667. The van der Waals surface area contributed by atoms with Crippen LogP contribution in [0.2, 0.25) is 0 Å². The van der Waals surface area contributed by atoms with Gasteiger partial charge in [0.1, 0.15) is 5.75 Å². The van der Waals surface area contributed by atoms with Crippen LogP contribution >= 0.6 is 24.0 Å². The first kappa shape index (κ1) is 24.0. The van der Waals surface area contributed by atoms with Crippen LogP contribution in [0.4, 0.5) is 0 Å². The van der Waals surface area contributed by atoms with E-state index in [0.717, 1.165) is 44.8 Å². The molecule has 1 saturated heterocycles. The summed E-state index contributed by atoms with van der Waals surface area (Å²) in [5, 5.41) is 3.25. The molecule has 0 aromatic heterocycles. The minimum absolute atomic E-state index is 0. The minimum Gasteiger partial charge on any atom is -0.494 e. The van der Waals surface area contributed by atoms with Crippen molar-refractivity contribution in [3.63, 3.8) is 0 Å². The highest BCUT2D eigenvalue weighted by Gasteiger charge is 2.34. The molecule has 0 spiro atoms. The van der Waals surface area contributed by atoms with E-state index in [4.69, 9.17) is 15.2 Å². The fourth-order valence-electron chi connectivity index (χ4n) is 3.43. The number of rotatable bonds is 10. The van der Waals surface area contributed by atoms with Gasteiger partial charge in [0.05, 0.1) is 13.2 Å². The third-order valence-electron chi connectivity index (χ3n) is 5.12. The van der Waals surface area contributed by atoms with Gasteiger partial charge in [-0.2, -0.15) is 0 Å². The van der Waals surface area contributed by atoms with Gasteiger partial charge in [-0.15, -0.1) is 24.0 Å². The molecule has 0 aliphatic carbocycles. The van der Waals surface area contributed by atoms with Crippen molar-refractivity contribution in [1.82, 2.24) is 5.32 Å². The van der Waals surface area contributed by atoms with E-state index in [1.807, 2.05) is 6.92 Å². The average Bonchev–Trinajstić information content (AvgIpc) is 2.68. The van der Waals surface area contributed by atoms with Gasteiger partial charge in [0.25, 0.3) is 0 Å². The van der Waals surface area contributed by atoms with Crippen LogP contribution in [0.15, 0.2) is 29.3 Å². The fourth-order valence-corrected chi connectivity index (χ4v) is 3.43. The summed E-state index contributed by atoms with van der Waals surface area (Å²) in [6, 6.07) is 8.44. The zero-order valence-corrected chi connectivity index (χ0v) is 19.2. The van der Waals surface area contributed by atoms with Crippen molar-refractivity contribution in [2.45, 2.75) is 57.8 Å². The average molecular weight is 489 g/mol. The quantitative estimate of drug-likeness (QED) is 0.223. The van der Waals surface area contributed by atoms with Gasteiger partial charge >= 0.3 is 0 Å². The maximum atomic E-state index is 6.09. The molecular formula is C21H36IN3O2. The number of aliphatic imine (C=N–C) groups is 1. The molecule has 2 rings (SSSR count). The standard InChI is InChI=1S/C21H35N3O2.HI/c1-3-5-6-7-14-23-20(22)24-17-21(12-15-25-16-13-21)18-8-10-19(11-9-18)26-4-2;/h8-11H,3-7,12-17H2,1-2H3,(H3,22,23,24);1H. The summed E-state index contributed by atoms with van der Waals surface area (Å²) in [7, 11) is 0. The summed E-state index contributed by atoms with van der Waals surface area (Å²) < 4.78 is 11.2. The molecule has 3 N–H and O–H groups in total. The number of hydrogen-bond acceptors (Lipinski definition) is 3. The first-order valence-corrected chi connectivity index (χ1v) is 10.0. The van der Waals surface area contributed by atoms with Gasteiger partial charge in [0.15, 0.2) is 5.96 Å². The molecule has 0 bridgehead atoms. The topological polar surface area (TPSA) is 68.9 Å². The Bertz CT molecular complexity index is 543. The molecule has 1 aliphatic rings. The van der Waals surface area contributed by atoms with Crippen LogP contribution in [0.25, 0.3) is 0 Å². The van der Waals surface area contributed by atoms with Crippen molar-refractivity contribution in [2.24, 2.45) is 10.7 Å². The van der Waals surface area contributed by atoms with E-state index in [-0.39, 0.29) is 29.4 Å². The van der Waals surface area contributed by atoms with E-state index < -0.39 is 0 Å². The maximum Gasteiger partial charge on any atom is 0.188 e. The largest absolute Gasteiger partial charge is 0.494 e. The number of hydrogen-bond donors (Lipinski definition) is 2. The monoisotopic (exact) mass is 489 g/mol. The second-order valence-electron chi connectivity index (χ2n) is 7.04. The Morgan fingerprint density at radius 2 is 1.85 bits per heavy atom. The molecule has 154 valence electrons. The van der Waals surface area contributed by atoms with Gasteiger partial charge in [-0.05, 0) is 43.9 Å². The normalized spacial score (nSPS) is 16.4. The number of halogens is 1. The van der Waals surface area contributed by atoms with Crippen LogP contribution in [0.3, 0.4) is 0 Å². The van der Waals surface area contributed by atoms with Crippen molar-refractivity contribution < 1.29 is 9.47 Å². The van der Waals surface area contributed by atoms with Crippen LogP contribution in [-0.2, 0) is 10.2 Å². The van der Waals surface area contributed by atoms with Crippen LogP contribution in [0.5, 0.6) is 5.75 Å². The number of unbranched alkanes of at least 4 members (excludes halogenated alkanes) is 3. The number of nitrogens with two attached hydrogens (primary N) is 1. The predicted molar refractivity (Wildman–Crippen MR) is 123 cm³/mol. The highest BCUT2D eigenvalue weighted by Crippen LogP contribution is 2.36. The van der Waals surface area contributed by atoms with Crippen LogP contribution < -0.4 is 15.8 Å². The first-order valence-electron chi connectivity index (χ1n) is 10.0. The molecule has 0 atom stereocenters. The summed E-state index contributed by atoms with van der Waals surface area (Å²) in [6.45, 7) is 8.04. The molecule has 1 aromatic carbocycles. The van der Waals surface area contributed by atoms with Gasteiger partial charge in [-0.3, -0.25) is 4.99 Å². The lowest BCUT2D eigenvalue weighted by Gasteiger charge is -2.36. The number of guanidine groups is 1. The predicted octanol–water partition coefficient (Wildman–Crippen LogP) is 4.24. The van der Waals surface area contributed by atoms with Crippen molar-refractivity contribution in [3.05, 3.63) is 29.8 Å². The molecule has 6 heteroatoms. The van der Waals surface area contributed by atoms with E-state index in [0.29, 0.717) is 19.1 Å². The SMILES string of the molecule is CCCCCCNC(N)=NCC1(c2ccc(OCC)cc2)CCOCC1.I. The highest BCUT2D eigenvalue weighted by molar-refractivity contribution is 14.0. The van der Waals surface area contributed by atoms with E-state index in [1.54, 1.807) is 0 Å². The van der Waals surface area contributed by atoms with Crippen molar-refractivity contribution in [2.75, 3.05) is 32.9 Å². The Morgan fingerprint density at radius 1 is 1.15 bits per heavy atom. The lowest BCUT2D eigenvalue weighted by Crippen LogP contribution is -2.39. The second-order valence-corrected chi connectivity index (χ2v) is 7.04. The Labute approximate surface area is 181 Å². The Hall–Kier alpha value is -1.02. The molecule has 0 unspecified atom stereocenters. The lowest BCUT2D eigenvalue weighted by molar-refractivity contribution is 0.0531. The smallest absolute Gasteiger partial charge is 0.188 e. The third-order valence-corrected chi connectivity index (χ3v) is 5.12. The number of benzene rings is 1. The molecule has 27 heavy (non-hydrogen) atoms. The van der Waals surface area contributed by atoms with Gasteiger partial charge in [0, 0.05) is 25.2 Å². The Balaban J connectivity index is 0.00000364. The maximum absolute atomic E-state index is 6.09. The zero-order chi connectivity index (χ0) is 18.7. The lowest BCUT2D eigenvalue weighted by atomic mass is 9.74. The summed E-state index contributed by atoms with van der Waals surface area (Å²) in [4.78, 5) is 4.67. The molecular weight excluding hydrogens is 453 g/mol. The van der Waals surface area contributed by atoms with Crippen LogP contribution in [-0.4, -0.2) is 38.9 Å². The Morgan fingerprint density at radius 3 is 2.48 bits per heavy atom. The molecule has 5 nitrogen and oxygen atoms in total. The second kappa shape index (κ2) is 13.2. The third kappa shape index (κ3) is 7.86. The van der Waals surface area contributed by atoms with E-state index in [2.05, 4.69) is 41.5 Å². The number of nitrogens with zero attached hydrogens (tertiary/aromatic N) is 1. The van der Waals surface area contributed by atoms with Gasteiger partial charge in [-0.25, -0.2) is 0 Å². The molecule has 1 aromatic rings. The van der Waals surface area contributed by atoms with Gasteiger partial charge in [-0.1, -0.05) is 38.3 Å². The molecule has 1 fully saturated rings. The molecule has 1 aliphatic heterocycles. The van der Waals surface area contributed by atoms with Crippen molar-refractivity contribution in [1.29, 1.82) is 0 Å². The minimum atomic E-state index is -0.00247. The molecule has 0 radical (unpaired) electrons. The van der Waals surface area contributed by atoms with E-state index >= 15 is 0 Å². The summed E-state index contributed by atoms with van der Waals surface area (Å²) in [6.07, 6.45) is 6.84. The Kier molecular flexibility index (Phi) is 11.7. The highest BCUT2D eigenvalue weighted by atomic mass is 127. The molecule has 1 heterocycles. The van der Waals surface area contributed by atoms with Crippen molar-refractivity contribution in [3.8, 4) is 5.75 Å². The zero-order valence-electron chi connectivity index (χ0n) is 16.8.